The molecule has 0 unspecified atom stereocenters. The molecule has 0 spiro atoms. The normalized spacial score (nSPS) is 10.1. The van der Waals surface area contributed by atoms with Crippen molar-refractivity contribution in [2.24, 2.45) is 5.73 Å². The largest absolute Gasteiger partial charge is 0.478 e. The van der Waals surface area contributed by atoms with Gasteiger partial charge in [0, 0.05) is 11.8 Å². The molecule has 1 rings (SSSR count). The number of anilines is 1. The summed E-state index contributed by atoms with van der Waals surface area (Å²) in [6, 6.07) is 6.11. The van der Waals surface area contributed by atoms with E-state index in [1.54, 1.807) is 24.3 Å². The van der Waals surface area contributed by atoms with Gasteiger partial charge >= 0.3 is 18.1 Å². The Hall–Kier alpha value is -3.03. The third kappa shape index (κ3) is 7.21. The topological polar surface area (TPSA) is 131 Å². The average molecular weight is 293 g/mol. The van der Waals surface area contributed by atoms with Crippen LogP contribution in [0.15, 0.2) is 30.3 Å². The molecule has 0 heterocycles. The standard InChI is InChI=1S/C13H15N3O5/c14-12(19)21-8-7-15-13(20)16-10-4-1-9(2-5-10)3-6-11(17)18/h1-6H,7-8H2,(H2,14,19)(H,17,18)(H2,15,16,20)/b6-3+. The van der Waals surface area contributed by atoms with E-state index in [1.165, 1.54) is 6.08 Å². The van der Waals surface area contributed by atoms with Gasteiger partial charge in [-0.2, -0.15) is 0 Å². The van der Waals surface area contributed by atoms with Crippen LogP contribution in [0.3, 0.4) is 0 Å². The van der Waals surface area contributed by atoms with Gasteiger partial charge in [-0.25, -0.2) is 14.4 Å². The van der Waals surface area contributed by atoms with Gasteiger partial charge in [0.15, 0.2) is 0 Å². The highest BCUT2D eigenvalue weighted by Crippen LogP contribution is 2.10. The quantitative estimate of drug-likeness (QED) is 0.459. The van der Waals surface area contributed by atoms with Crippen LogP contribution in [-0.4, -0.2) is 36.4 Å². The molecule has 0 aliphatic rings. The smallest absolute Gasteiger partial charge is 0.404 e. The van der Waals surface area contributed by atoms with Crippen LogP contribution in [0, 0.1) is 0 Å². The van der Waals surface area contributed by atoms with Gasteiger partial charge in [0.2, 0.25) is 0 Å². The first-order valence-electron chi connectivity index (χ1n) is 5.95. The summed E-state index contributed by atoms with van der Waals surface area (Å²) in [6.45, 7) is 0.121. The van der Waals surface area contributed by atoms with Crippen LogP contribution in [0.4, 0.5) is 15.3 Å². The van der Waals surface area contributed by atoms with Crippen molar-refractivity contribution >= 4 is 29.9 Å². The Morgan fingerprint density at radius 1 is 1.24 bits per heavy atom. The minimum absolute atomic E-state index is 0.0122. The fourth-order valence-electron chi connectivity index (χ4n) is 1.34. The van der Waals surface area contributed by atoms with E-state index in [1.807, 2.05) is 0 Å². The summed E-state index contributed by atoms with van der Waals surface area (Å²) in [5, 5.41) is 13.5. The zero-order chi connectivity index (χ0) is 15.7. The molecule has 8 heteroatoms. The number of nitrogens with two attached hydrogens (primary N) is 1. The summed E-state index contributed by atoms with van der Waals surface area (Å²) in [6.07, 6.45) is 1.56. The molecular weight excluding hydrogens is 278 g/mol. The first-order chi connectivity index (χ1) is 9.97. The number of hydrogen-bond donors (Lipinski definition) is 4. The molecule has 0 saturated carbocycles. The van der Waals surface area contributed by atoms with E-state index in [2.05, 4.69) is 15.4 Å². The number of carboxylic acid groups (broad SMARTS) is 1. The lowest BCUT2D eigenvalue weighted by Gasteiger charge is -2.07. The van der Waals surface area contributed by atoms with E-state index in [0.29, 0.717) is 11.3 Å². The zero-order valence-corrected chi connectivity index (χ0v) is 11.0. The highest BCUT2D eigenvalue weighted by atomic mass is 16.5. The maximum atomic E-state index is 11.5. The van der Waals surface area contributed by atoms with Crippen LogP contribution >= 0.6 is 0 Å². The van der Waals surface area contributed by atoms with Crippen molar-refractivity contribution in [3.63, 3.8) is 0 Å². The number of benzene rings is 1. The maximum Gasteiger partial charge on any atom is 0.404 e. The van der Waals surface area contributed by atoms with E-state index in [9.17, 15) is 14.4 Å². The molecular formula is C13H15N3O5. The lowest BCUT2D eigenvalue weighted by atomic mass is 10.2. The maximum absolute atomic E-state index is 11.5. The number of hydrogen-bond acceptors (Lipinski definition) is 4. The van der Waals surface area contributed by atoms with Crippen LogP contribution in [0.25, 0.3) is 6.08 Å². The van der Waals surface area contributed by atoms with Gasteiger partial charge in [0.25, 0.3) is 0 Å². The lowest BCUT2D eigenvalue weighted by Crippen LogP contribution is -2.32. The van der Waals surface area contributed by atoms with Crippen molar-refractivity contribution in [1.82, 2.24) is 5.32 Å². The molecule has 0 radical (unpaired) electrons. The minimum atomic E-state index is -1.03. The molecule has 0 atom stereocenters. The predicted molar refractivity (Wildman–Crippen MR) is 75.7 cm³/mol. The van der Waals surface area contributed by atoms with Crippen molar-refractivity contribution in [3.05, 3.63) is 35.9 Å². The van der Waals surface area contributed by atoms with Crippen LogP contribution in [0.5, 0.6) is 0 Å². The first kappa shape index (κ1) is 16.0. The number of carboxylic acids is 1. The summed E-state index contributed by atoms with van der Waals surface area (Å²) >= 11 is 0. The van der Waals surface area contributed by atoms with Crippen LogP contribution in [0.2, 0.25) is 0 Å². The van der Waals surface area contributed by atoms with Gasteiger partial charge < -0.3 is 26.2 Å². The molecule has 21 heavy (non-hydrogen) atoms. The summed E-state index contributed by atoms with van der Waals surface area (Å²) in [4.78, 5) is 32.1. The molecule has 1 aromatic rings. The van der Waals surface area contributed by atoms with Crippen molar-refractivity contribution in [1.29, 1.82) is 0 Å². The fraction of sp³-hybridized carbons (Fsp3) is 0.154. The third-order valence-electron chi connectivity index (χ3n) is 2.22. The van der Waals surface area contributed by atoms with E-state index < -0.39 is 18.1 Å². The molecule has 3 amide bonds. The minimum Gasteiger partial charge on any atom is -0.478 e. The van der Waals surface area contributed by atoms with Gasteiger partial charge in [0.1, 0.15) is 6.61 Å². The van der Waals surface area contributed by atoms with Gasteiger partial charge in [0.05, 0.1) is 6.54 Å². The molecule has 0 aromatic heterocycles. The van der Waals surface area contributed by atoms with E-state index in [4.69, 9.17) is 10.8 Å². The lowest BCUT2D eigenvalue weighted by molar-refractivity contribution is -0.131. The van der Waals surface area contributed by atoms with E-state index >= 15 is 0 Å². The number of primary amides is 1. The van der Waals surface area contributed by atoms with Gasteiger partial charge in [-0.3, -0.25) is 0 Å². The average Bonchev–Trinajstić information content (AvgIpc) is 2.42. The third-order valence-corrected chi connectivity index (χ3v) is 2.22. The highest BCUT2D eigenvalue weighted by Gasteiger charge is 2.01. The summed E-state index contributed by atoms with van der Waals surface area (Å²) < 4.78 is 4.45. The summed E-state index contributed by atoms with van der Waals surface area (Å²) in [5.74, 6) is -1.03. The second-order valence-corrected chi connectivity index (χ2v) is 3.84. The molecule has 5 N–H and O–H groups in total. The predicted octanol–water partition coefficient (Wildman–Crippen LogP) is 1.00. The second-order valence-electron chi connectivity index (χ2n) is 3.84. The Kier molecular flexibility index (Phi) is 6.26. The van der Waals surface area contributed by atoms with Crippen molar-refractivity contribution in [2.45, 2.75) is 0 Å². The van der Waals surface area contributed by atoms with E-state index in [-0.39, 0.29) is 13.2 Å². The first-order valence-corrected chi connectivity index (χ1v) is 5.95. The number of carbonyl (C=O) groups excluding carboxylic acids is 2. The molecule has 0 aliphatic heterocycles. The Balaban J connectivity index is 2.39. The number of urea groups is 1. The monoisotopic (exact) mass is 293 g/mol. The molecule has 112 valence electrons. The zero-order valence-electron chi connectivity index (χ0n) is 11.0. The SMILES string of the molecule is NC(=O)OCCNC(=O)Nc1ccc(/C=C/C(=O)O)cc1. The number of nitrogens with one attached hydrogen (secondary N) is 2. The Morgan fingerprint density at radius 2 is 1.90 bits per heavy atom. The highest BCUT2D eigenvalue weighted by molar-refractivity contribution is 5.89. The number of amides is 3. The molecule has 1 aromatic carbocycles. The van der Waals surface area contributed by atoms with Crippen molar-refractivity contribution < 1.29 is 24.2 Å². The van der Waals surface area contributed by atoms with E-state index in [0.717, 1.165) is 6.08 Å². The Bertz CT molecular complexity index is 539. The van der Waals surface area contributed by atoms with Crippen molar-refractivity contribution in [3.8, 4) is 0 Å². The molecule has 0 fully saturated rings. The van der Waals surface area contributed by atoms with Gasteiger partial charge in [-0.1, -0.05) is 12.1 Å². The second kappa shape index (κ2) is 8.20. The molecule has 8 nitrogen and oxygen atoms in total. The van der Waals surface area contributed by atoms with Gasteiger partial charge in [-0.05, 0) is 23.8 Å². The fourth-order valence-corrected chi connectivity index (χ4v) is 1.34. The Labute approximate surface area is 120 Å². The number of aliphatic carboxylic acids is 1. The van der Waals surface area contributed by atoms with Crippen molar-refractivity contribution in [2.75, 3.05) is 18.5 Å². The number of rotatable bonds is 6. The van der Waals surface area contributed by atoms with Gasteiger partial charge in [-0.15, -0.1) is 0 Å². The summed E-state index contributed by atoms with van der Waals surface area (Å²) in [7, 11) is 0. The number of carbonyl (C=O) groups is 3. The number of ether oxygens (including phenoxy) is 1. The molecule has 0 aliphatic carbocycles. The van der Waals surface area contributed by atoms with Crippen LogP contribution in [0.1, 0.15) is 5.56 Å². The van der Waals surface area contributed by atoms with Crippen LogP contribution < -0.4 is 16.4 Å². The summed E-state index contributed by atoms with van der Waals surface area (Å²) in [5.41, 5.74) is 5.99. The van der Waals surface area contributed by atoms with Crippen LogP contribution in [-0.2, 0) is 9.53 Å². The molecule has 0 bridgehead atoms. The molecule has 0 saturated heterocycles. The Morgan fingerprint density at radius 3 is 2.48 bits per heavy atom.